The van der Waals surface area contributed by atoms with E-state index in [1.54, 1.807) is 13.0 Å². The lowest BCUT2D eigenvalue weighted by Crippen LogP contribution is -2.31. The van der Waals surface area contributed by atoms with Crippen molar-refractivity contribution in [2.24, 2.45) is 0 Å². The molecule has 2 radical (unpaired) electrons. The fourth-order valence-electron chi connectivity index (χ4n) is 1.12. The van der Waals surface area contributed by atoms with Gasteiger partial charge in [0.2, 0.25) is 7.98 Å². The van der Waals surface area contributed by atoms with Gasteiger partial charge in [0.1, 0.15) is 0 Å². The van der Waals surface area contributed by atoms with Gasteiger partial charge in [0, 0.05) is 5.69 Å². The Morgan fingerprint density at radius 2 is 2.14 bits per heavy atom. The Hall–Kier alpha value is -1.85. The van der Waals surface area contributed by atoms with Gasteiger partial charge in [-0.3, -0.25) is 4.79 Å². The Bertz CT molecular complexity index is 614. The number of nitrogens with zero attached hydrogens (tertiary/aromatic N) is 2. The summed E-state index contributed by atoms with van der Waals surface area (Å²) in [4.78, 5) is 26.3. The molecule has 2 rings (SSSR count). The third-order valence-electron chi connectivity index (χ3n) is 1.81. The molecule has 0 fully saturated rings. The fraction of sp³-hybridized carbons (Fsp3) is 0.125. The lowest BCUT2D eigenvalue weighted by Gasteiger charge is -1.98. The van der Waals surface area contributed by atoms with Gasteiger partial charge in [-0.15, -0.1) is 0 Å². The highest BCUT2D eigenvalue weighted by Gasteiger charge is 2.06. The average molecular weight is 188 g/mol. The van der Waals surface area contributed by atoms with Crippen LogP contribution in [0, 0.1) is 6.92 Å². The molecule has 0 aliphatic rings. The van der Waals surface area contributed by atoms with E-state index in [-0.39, 0.29) is 11.1 Å². The van der Waals surface area contributed by atoms with E-state index in [2.05, 4.69) is 4.98 Å². The van der Waals surface area contributed by atoms with Gasteiger partial charge in [0.15, 0.2) is 11.1 Å². The molecule has 0 amide bonds. The molecule has 0 atom stereocenters. The Balaban J connectivity index is 3.07. The summed E-state index contributed by atoms with van der Waals surface area (Å²) in [5.41, 5.74) is 0.211. The second kappa shape index (κ2) is 2.83. The number of hydrogen-bond donors (Lipinski definition) is 0. The van der Waals surface area contributed by atoms with Gasteiger partial charge < -0.3 is 8.90 Å². The zero-order valence-corrected chi connectivity index (χ0v) is 7.35. The maximum atomic E-state index is 11.4. The second-order valence-electron chi connectivity index (χ2n) is 2.84. The van der Waals surface area contributed by atoms with Crippen LogP contribution >= 0.6 is 0 Å². The molecule has 0 aliphatic heterocycles. The van der Waals surface area contributed by atoms with Gasteiger partial charge in [-0.25, -0.2) is 9.78 Å². The minimum Gasteiger partial charge on any atom is -0.408 e. The highest BCUT2D eigenvalue weighted by molar-refractivity contribution is 6.06. The highest BCUT2D eigenvalue weighted by Crippen LogP contribution is 2.04. The normalized spacial score (nSPS) is 10.6. The zero-order chi connectivity index (χ0) is 10.3. The summed E-state index contributed by atoms with van der Waals surface area (Å²) in [6, 6.07) is 3.16. The van der Waals surface area contributed by atoms with Crippen molar-refractivity contribution in [2.75, 3.05) is 0 Å². The van der Waals surface area contributed by atoms with Gasteiger partial charge in [0.25, 0.3) is 5.56 Å². The first-order valence-electron chi connectivity index (χ1n) is 3.88. The molecule has 0 saturated heterocycles. The van der Waals surface area contributed by atoms with Crippen LogP contribution < -0.4 is 11.3 Å². The zero-order valence-electron chi connectivity index (χ0n) is 7.35. The molecule has 0 bridgehead atoms. The van der Waals surface area contributed by atoms with E-state index in [0.717, 1.165) is 0 Å². The molecule has 2 aromatic heterocycles. The Morgan fingerprint density at radius 3 is 2.86 bits per heavy atom. The van der Waals surface area contributed by atoms with Crippen LogP contribution in [0.3, 0.4) is 0 Å². The predicted molar refractivity (Wildman–Crippen MR) is 50.4 cm³/mol. The van der Waals surface area contributed by atoms with Gasteiger partial charge in [-0.2, -0.15) is 0 Å². The van der Waals surface area contributed by atoms with Crippen LogP contribution in [0.25, 0.3) is 11.1 Å². The summed E-state index contributed by atoms with van der Waals surface area (Å²) in [7, 11) is 5.16. The lowest BCUT2D eigenvalue weighted by molar-refractivity contribution is 0.515. The first-order chi connectivity index (χ1) is 6.59. The van der Waals surface area contributed by atoms with E-state index in [1.807, 2.05) is 0 Å². The van der Waals surface area contributed by atoms with Crippen LogP contribution in [0.15, 0.2) is 26.1 Å². The third-order valence-corrected chi connectivity index (χ3v) is 1.81. The van der Waals surface area contributed by atoms with Crippen molar-refractivity contribution in [1.82, 2.24) is 9.46 Å². The number of aromatic nitrogens is 2. The summed E-state index contributed by atoms with van der Waals surface area (Å²) in [6.07, 6.45) is 0. The van der Waals surface area contributed by atoms with E-state index >= 15 is 0 Å². The molecule has 6 heteroatoms. The Labute approximate surface area is 79.4 Å². The molecule has 0 unspecified atom stereocenters. The van der Waals surface area contributed by atoms with Crippen molar-refractivity contribution >= 4 is 19.1 Å². The van der Waals surface area contributed by atoms with Crippen LogP contribution in [-0.2, 0) is 0 Å². The standard InChI is InChI=1S/C8H5BN2O3/c1-4-2-3-5-6(10-4)7(12)11(9)8(13)14-5/h2-3H,1H3. The van der Waals surface area contributed by atoms with Gasteiger partial charge in [0.05, 0.1) is 0 Å². The van der Waals surface area contributed by atoms with Crippen LogP contribution in [-0.4, -0.2) is 17.4 Å². The minimum atomic E-state index is -0.895. The van der Waals surface area contributed by atoms with E-state index in [4.69, 9.17) is 12.4 Å². The maximum Gasteiger partial charge on any atom is 0.408 e. The van der Waals surface area contributed by atoms with E-state index in [0.29, 0.717) is 10.2 Å². The first kappa shape index (κ1) is 8.74. The molecule has 0 spiro atoms. The smallest absolute Gasteiger partial charge is 0.408 e. The largest absolute Gasteiger partial charge is 0.408 e. The minimum absolute atomic E-state index is 0.0621. The quantitative estimate of drug-likeness (QED) is 0.527. The molecular formula is C8H5BN2O3. The number of hydrogen-bond acceptors (Lipinski definition) is 4. The maximum absolute atomic E-state index is 11.4. The number of fused-ring (bicyclic) bond motifs is 1. The molecule has 0 N–H and O–H groups in total. The van der Waals surface area contributed by atoms with Crippen molar-refractivity contribution in [1.29, 1.82) is 0 Å². The second-order valence-corrected chi connectivity index (χ2v) is 2.84. The van der Waals surface area contributed by atoms with E-state index in [1.165, 1.54) is 6.07 Å². The molecule has 0 aliphatic carbocycles. The molecule has 0 saturated carbocycles. The number of pyridine rings is 1. The molecule has 68 valence electrons. The summed E-state index contributed by atoms with van der Waals surface area (Å²) in [5.74, 6) is -0.895. The summed E-state index contributed by atoms with van der Waals surface area (Å²) < 4.78 is 5.15. The average Bonchev–Trinajstić information content (AvgIpc) is 2.16. The van der Waals surface area contributed by atoms with Crippen LogP contribution in [0.1, 0.15) is 5.69 Å². The summed E-state index contributed by atoms with van der Waals surface area (Å²) in [6.45, 7) is 1.73. The number of rotatable bonds is 0. The predicted octanol–water partition coefficient (Wildman–Crippen LogP) is -0.410. The van der Waals surface area contributed by atoms with Crippen molar-refractivity contribution < 1.29 is 4.42 Å². The van der Waals surface area contributed by atoms with Gasteiger partial charge in [-0.1, -0.05) is 0 Å². The van der Waals surface area contributed by atoms with Crippen LogP contribution in [0.5, 0.6) is 0 Å². The van der Waals surface area contributed by atoms with Gasteiger partial charge >= 0.3 is 5.76 Å². The van der Waals surface area contributed by atoms with Gasteiger partial charge in [-0.05, 0) is 19.1 Å². The Kier molecular flexibility index (Phi) is 1.77. The van der Waals surface area contributed by atoms with Crippen molar-refractivity contribution in [3.63, 3.8) is 0 Å². The van der Waals surface area contributed by atoms with Crippen LogP contribution in [0.4, 0.5) is 0 Å². The fourth-order valence-corrected chi connectivity index (χ4v) is 1.12. The third kappa shape index (κ3) is 1.15. The van der Waals surface area contributed by atoms with Crippen molar-refractivity contribution in [3.05, 3.63) is 38.7 Å². The molecule has 2 heterocycles. The van der Waals surface area contributed by atoms with Crippen molar-refractivity contribution in [3.8, 4) is 0 Å². The monoisotopic (exact) mass is 188 g/mol. The highest BCUT2D eigenvalue weighted by atomic mass is 16.4. The number of aryl methyl sites for hydroxylation is 1. The van der Waals surface area contributed by atoms with E-state index in [9.17, 15) is 9.59 Å². The molecule has 14 heavy (non-hydrogen) atoms. The molecule has 0 aromatic carbocycles. The van der Waals surface area contributed by atoms with Crippen LogP contribution in [0.2, 0.25) is 0 Å². The molecule has 5 nitrogen and oxygen atoms in total. The molecule has 2 aromatic rings. The molecular weight excluding hydrogens is 183 g/mol. The van der Waals surface area contributed by atoms with Crippen molar-refractivity contribution in [2.45, 2.75) is 6.92 Å². The first-order valence-corrected chi connectivity index (χ1v) is 3.88. The summed E-state index contributed by atoms with van der Waals surface area (Å²) in [5, 5.41) is 0. The Morgan fingerprint density at radius 1 is 1.43 bits per heavy atom. The summed E-state index contributed by atoms with van der Waals surface area (Å²) >= 11 is 0. The topological polar surface area (TPSA) is 65.1 Å². The van der Waals surface area contributed by atoms with E-state index < -0.39 is 11.3 Å². The lowest BCUT2D eigenvalue weighted by atomic mass is 10.3. The SMILES string of the molecule is [B]n1c(=O)oc2ccc(C)nc2c1=O.